The highest BCUT2D eigenvalue weighted by atomic mass is 35.5. The summed E-state index contributed by atoms with van der Waals surface area (Å²) in [4.78, 5) is 0. The molecule has 0 bridgehead atoms. The van der Waals surface area contributed by atoms with Crippen molar-refractivity contribution in [3.63, 3.8) is 0 Å². The summed E-state index contributed by atoms with van der Waals surface area (Å²) in [6, 6.07) is 2.03. The molecule has 0 atom stereocenters. The fraction of sp³-hybridized carbons (Fsp3) is 0. The van der Waals surface area contributed by atoms with Crippen LogP contribution in [0.5, 0.6) is 5.75 Å². The van der Waals surface area contributed by atoms with Crippen LogP contribution in [0, 0.1) is 5.82 Å². The number of nitrogen functional groups attached to an aromatic ring is 1. The van der Waals surface area contributed by atoms with Crippen LogP contribution < -0.4 is 5.73 Å². The van der Waals surface area contributed by atoms with E-state index < -0.39 is 5.82 Å². The second-order valence-electron chi connectivity index (χ2n) is 1.83. The molecular weight excluding hydrogens is 157 g/mol. The Labute approximate surface area is 62.0 Å². The molecule has 10 heavy (non-hydrogen) atoms. The monoisotopic (exact) mass is 161 g/mol. The molecule has 0 saturated carbocycles. The Morgan fingerprint density at radius 2 is 2.10 bits per heavy atom. The van der Waals surface area contributed by atoms with Crippen molar-refractivity contribution < 1.29 is 9.50 Å². The SMILES string of the molecule is Nc1cc(Cl)c(O)cc1F. The van der Waals surface area contributed by atoms with E-state index in [9.17, 15) is 4.39 Å². The molecule has 54 valence electrons. The van der Waals surface area contributed by atoms with Crippen molar-refractivity contribution in [3.05, 3.63) is 23.0 Å². The summed E-state index contributed by atoms with van der Waals surface area (Å²) >= 11 is 5.39. The number of rotatable bonds is 0. The Bertz CT molecular complexity index is 214. The average molecular weight is 162 g/mol. The molecule has 0 saturated heterocycles. The molecule has 0 spiro atoms. The van der Waals surface area contributed by atoms with Gasteiger partial charge < -0.3 is 10.8 Å². The molecule has 0 fully saturated rings. The molecule has 2 nitrogen and oxygen atoms in total. The quantitative estimate of drug-likeness (QED) is 0.450. The molecule has 0 aliphatic carbocycles. The molecule has 0 unspecified atom stereocenters. The lowest BCUT2D eigenvalue weighted by molar-refractivity contribution is 0.470. The zero-order valence-corrected chi connectivity index (χ0v) is 5.69. The molecule has 0 amide bonds. The maximum Gasteiger partial charge on any atom is 0.149 e. The fourth-order valence-electron chi connectivity index (χ4n) is 0.552. The van der Waals surface area contributed by atoms with Gasteiger partial charge in [0.05, 0.1) is 10.7 Å². The maximum absolute atomic E-state index is 12.4. The Kier molecular flexibility index (Phi) is 1.68. The third-order valence-corrected chi connectivity index (χ3v) is 1.37. The van der Waals surface area contributed by atoms with E-state index in [0.717, 1.165) is 12.1 Å². The smallest absolute Gasteiger partial charge is 0.149 e. The first kappa shape index (κ1) is 7.15. The molecule has 0 aromatic heterocycles. The third-order valence-electron chi connectivity index (χ3n) is 1.07. The highest BCUT2D eigenvalue weighted by molar-refractivity contribution is 6.32. The van der Waals surface area contributed by atoms with Crippen molar-refractivity contribution in [2.75, 3.05) is 5.73 Å². The molecule has 0 aliphatic heterocycles. The third kappa shape index (κ3) is 1.14. The van der Waals surface area contributed by atoms with Crippen LogP contribution in [0.3, 0.4) is 0 Å². The van der Waals surface area contributed by atoms with Crippen LogP contribution >= 0.6 is 11.6 Å². The van der Waals surface area contributed by atoms with E-state index in [4.69, 9.17) is 22.4 Å². The van der Waals surface area contributed by atoms with Gasteiger partial charge in [-0.2, -0.15) is 0 Å². The van der Waals surface area contributed by atoms with E-state index >= 15 is 0 Å². The molecular formula is C6H5ClFNO. The van der Waals surface area contributed by atoms with E-state index in [0.29, 0.717) is 0 Å². The summed E-state index contributed by atoms with van der Waals surface area (Å²) < 4.78 is 12.4. The first-order valence-corrected chi connectivity index (χ1v) is 2.92. The highest BCUT2D eigenvalue weighted by Crippen LogP contribution is 2.26. The number of anilines is 1. The maximum atomic E-state index is 12.4. The van der Waals surface area contributed by atoms with Gasteiger partial charge in [0.25, 0.3) is 0 Å². The Hall–Kier alpha value is -0.960. The van der Waals surface area contributed by atoms with Gasteiger partial charge in [0.1, 0.15) is 11.6 Å². The van der Waals surface area contributed by atoms with E-state index in [2.05, 4.69) is 0 Å². The number of hydrogen-bond donors (Lipinski definition) is 2. The Balaban J connectivity index is 3.28. The largest absolute Gasteiger partial charge is 0.506 e. The molecule has 4 heteroatoms. The van der Waals surface area contributed by atoms with Crippen molar-refractivity contribution in [3.8, 4) is 5.75 Å². The molecule has 3 N–H and O–H groups in total. The second-order valence-corrected chi connectivity index (χ2v) is 2.23. The van der Waals surface area contributed by atoms with Crippen LogP contribution in [-0.4, -0.2) is 5.11 Å². The van der Waals surface area contributed by atoms with Gasteiger partial charge >= 0.3 is 0 Å². The van der Waals surface area contributed by atoms with Gasteiger partial charge in [-0.3, -0.25) is 0 Å². The normalized spacial score (nSPS) is 9.80. The van der Waals surface area contributed by atoms with E-state index in [1.54, 1.807) is 0 Å². The summed E-state index contributed by atoms with van der Waals surface area (Å²) in [5, 5.41) is 8.85. The summed E-state index contributed by atoms with van der Waals surface area (Å²) in [5.74, 6) is -0.963. The van der Waals surface area contributed by atoms with Crippen molar-refractivity contribution >= 4 is 17.3 Å². The number of aromatic hydroxyl groups is 1. The van der Waals surface area contributed by atoms with Crippen LogP contribution in [0.25, 0.3) is 0 Å². The van der Waals surface area contributed by atoms with Crippen molar-refractivity contribution in [1.82, 2.24) is 0 Å². The Morgan fingerprint density at radius 1 is 1.50 bits per heavy atom. The minimum atomic E-state index is -0.665. The number of hydrogen-bond acceptors (Lipinski definition) is 2. The van der Waals surface area contributed by atoms with E-state index in [1.165, 1.54) is 0 Å². The zero-order chi connectivity index (χ0) is 7.72. The number of phenolic OH excluding ortho intramolecular Hbond substituents is 1. The minimum Gasteiger partial charge on any atom is -0.506 e. The lowest BCUT2D eigenvalue weighted by Gasteiger charge is -1.98. The zero-order valence-electron chi connectivity index (χ0n) is 4.94. The predicted octanol–water partition coefficient (Wildman–Crippen LogP) is 1.77. The van der Waals surface area contributed by atoms with Crippen LogP contribution in [0.1, 0.15) is 0 Å². The van der Waals surface area contributed by atoms with Crippen molar-refractivity contribution in [2.45, 2.75) is 0 Å². The predicted molar refractivity (Wildman–Crippen MR) is 37.5 cm³/mol. The average Bonchev–Trinajstić information content (AvgIpc) is 1.84. The molecule has 0 aliphatic rings. The van der Waals surface area contributed by atoms with Gasteiger partial charge in [-0.1, -0.05) is 11.6 Å². The number of phenols is 1. The van der Waals surface area contributed by atoms with Gasteiger partial charge in [-0.25, -0.2) is 4.39 Å². The number of benzene rings is 1. The van der Waals surface area contributed by atoms with Crippen LogP contribution in [0.2, 0.25) is 5.02 Å². The van der Waals surface area contributed by atoms with E-state index in [1.807, 2.05) is 0 Å². The molecule has 1 aromatic rings. The number of nitrogens with two attached hydrogens (primary N) is 1. The Morgan fingerprint density at radius 3 is 2.60 bits per heavy atom. The van der Waals surface area contributed by atoms with Gasteiger partial charge in [0.15, 0.2) is 0 Å². The lowest BCUT2D eigenvalue weighted by Crippen LogP contribution is -1.89. The van der Waals surface area contributed by atoms with Gasteiger partial charge in [0.2, 0.25) is 0 Å². The van der Waals surface area contributed by atoms with Crippen molar-refractivity contribution in [1.29, 1.82) is 0 Å². The first-order chi connectivity index (χ1) is 4.61. The van der Waals surface area contributed by atoms with Gasteiger partial charge in [0, 0.05) is 6.07 Å². The fourth-order valence-corrected chi connectivity index (χ4v) is 0.724. The molecule has 0 radical (unpaired) electrons. The highest BCUT2D eigenvalue weighted by Gasteiger charge is 2.03. The van der Waals surface area contributed by atoms with Crippen LogP contribution in [-0.2, 0) is 0 Å². The molecule has 1 aromatic carbocycles. The summed E-state index contributed by atoms with van der Waals surface area (Å²) in [6.07, 6.45) is 0. The van der Waals surface area contributed by atoms with Gasteiger partial charge in [-0.05, 0) is 6.07 Å². The topological polar surface area (TPSA) is 46.2 Å². The summed E-state index contributed by atoms with van der Waals surface area (Å²) in [7, 11) is 0. The first-order valence-electron chi connectivity index (χ1n) is 2.54. The standard InChI is InChI=1S/C6H5ClFNO/c7-3-1-5(9)4(8)2-6(3)10/h1-2,10H,9H2. The second kappa shape index (κ2) is 2.34. The van der Waals surface area contributed by atoms with E-state index in [-0.39, 0.29) is 16.5 Å². The van der Waals surface area contributed by atoms with Crippen LogP contribution in [0.15, 0.2) is 12.1 Å². The van der Waals surface area contributed by atoms with Crippen LogP contribution in [0.4, 0.5) is 10.1 Å². The minimum absolute atomic E-state index is 0.0545. The molecule has 1 rings (SSSR count). The summed E-state index contributed by atoms with van der Waals surface area (Å²) in [6.45, 7) is 0. The summed E-state index contributed by atoms with van der Waals surface area (Å²) in [5.41, 5.74) is 5.05. The number of halogens is 2. The van der Waals surface area contributed by atoms with Gasteiger partial charge in [-0.15, -0.1) is 0 Å². The van der Waals surface area contributed by atoms with Crippen molar-refractivity contribution in [2.24, 2.45) is 0 Å². The molecule has 0 heterocycles. The lowest BCUT2D eigenvalue weighted by atomic mass is 10.3.